The first kappa shape index (κ1) is 28.8. The molecule has 0 unspecified atom stereocenters. The highest BCUT2D eigenvalue weighted by Crippen LogP contribution is 2.36. The summed E-state index contributed by atoms with van der Waals surface area (Å²) in [4.78, 5) is 15.5. The van der Waals surface area contributed by atoms with Crippen LogP contribution in [0.1, 0.15) is 5.56 Å². The highest BCUT2D eigenvalue weighted by molar-refractivity contribution is 5.87. The van der Waals surface area contributed by atoms with Crippen molar-refractivity contribution in [2.45, 2.75) is 0 Å². The Morgan fingerprint density at radius 2 is 0.750 bits per heavy atom. The van der Waals surface area contributed by atoms with Gasteiger partial charge in [-0.25, -0.2) is 15.0 Å². The number of benzene rings is 6. The number of nitrogens with zero attached hydrogens (tertiary/aromatic N) is 4. The first-order valence-corrected chi connectivity index (χ1v) is 15.8. The van der Waals surface area contributed by atoms with E-state index in [1.165, 1.54) is 11.1 Å². The van der Waals surface area contributed by atoms with E-state index in [-0.39, 0.29) is 0 Å². The van der Waals surface area contributed by atoms with Gasteiger partial charge < -0.3 is 0 Å². The Bertz CT molecular complexity index is 2310. The molecule has 0 fully saturated rings. The summed E-state index contributed by atoms with van der Waals surface area (Å²) >= 11 is 0. The molecule has 6 aromatic carbocycles. The topological polar surface area (TPSA) is 62.5 Å². The van der Waals surface area contributed by atoms with Crippen LogP contribution >= 0.6 is 0 Å². The Morgan fingerprint density at radius 3 is 1.29 bits per heavy atom. The minimum absolute atomic E-state index is 0.592. The van der Waals surface area contributed by atoms with Crippen LogP contribution in [0.5, 0.6) is 0 Å². The summed E-state index contributed by atoms with van der Waals surface area (Å²) in [7, 11) is 0. The van der Waals surface area contributed by atoms with Gasteiger partial charge in [0.25, 0.3) is 0 Å². The molecule has 0 saturated carbocycles. The molecule has 48 heavy (non-hydrogen) atoms. The van der Waals surface area contributed by atoms with Crippen molar-refractivity contribution in [2.24, 2.45) is 0 Å². The summed E-state index contributed by atoms with van der Waals surface area (Å²) in [5.74, 6) is 0. The van der Waals surface area contributed by atoms with Crippen LogP contribution in [0.25, 0.3) is 78.3 Å². The van der Waals surface area contributed by atoms with Gasteiger partial charge in [0, 0.05) is 11.1 Å². The van der Waals surface area contributed by atoms with Crippen LogP contribution in [-0.2, 0) is 0 Å². The molecule has 0 amide bonds. The molecule has 0 saturated heterocycles. The molecule has 0 N–H and O–H groups in total. The van der Waals surface area contributed by atoms with Gasteiger partial charge >= 0.3 is 0 Å². The van der Waals surface area contributed by atoms with Gasteiger partial charge in [-0.05, 0) is 69.8 Å². The molecule has 0 aliphatic carbocycles. The molecule has 0 atom stereocenters. The summed E-state index contributed by atoms with van der Waals surface area (Å²) in [6, 6.07) is 59.8. The zero-order valence-corrected chi connectivity index (χ0v) is 26.0. The molecular formula is C44H28N4. The van der Waals surface area contributed by atoms with Crippen LogP contribution in [-0.4, -0.2) is 15.0 Å². The quantitative estimate of drug-likeness (QED) is 0.187. The normalized spacial score (nSPS) is 10.9. The lowest BCUT2D eigenvalue weighted by atomic mass is 9.97. The Hall–Kier alpha value is -6.70. The predicted molar refractivity (Wildman–Crippen MR) is 195 cm³/mol. The first-order valence-electron chi connectivity index (χ1n) is 15.8. The largest absolute Gasteiger partial charge is 0.246 e. The number of fused-ring (bicyclic) bond motifs is 1. The maximum atomic E-state index is 9.43. The molecule has 224 valence electrons. The lowest BCUT2D eigenvalue weighted by Gasteiger charge is -2.14. The van der Waals surface area contributed by atoms with E-state index >= 15 is 0 Å². The van der Waals surface area contributed by atoms with Crippen molar-refractivity contribution in [3.05, 3.63) is 175 Å². The summed E-state index contributed by atoms with van der Waals surface area (Å²) in [6.07, 6.45) is 0. The molecule has 0 aliphatic heterocycles. The molecule has 4 nitrogen and oxygen atoms in total. The average Bonchev–Trinajstić information content (AvgIpc) is 3.18. The van der Waals surface area contributed by atoms with E-state index in [0.29, 0.717) is 17.0 Å². The van der Waals surface area contributed by atoms with Gasteiger partial charge in [-0.15, -0.1) is 0 Å². The molecule has 0 bridgehead atoms. The fourth-order valence-electron chi connectivity index (χ4n) is 6.00. The monoisotopic (exact) mass is 612 g/mol. The minimum atomic E-state index is 0.592. The second kappa shape index (κ2) is 12.6. The van der Waals surface area contributed by atoms with Crippen molar-refractivity contribution >= 4 is 11.0 Å². The molecule has 0 radical (unpaired) electrons. The molecule has 2 aromatic heterocycles. The van der Waals surface area contributed by atoms with E-state index in [0.717, 1.165) is 55.8 Å². The van der Waals surface area contributed by atoms with Crippen molar-refractivity contribution < 1.29 is 0 Å². The average molecular weight is 613 g/mol. The molecule has 8 aromatic rings. The van der Waals surface area contributed by atoms with E-state index in [1.807, 2.05) is 60.7 Å². The van der Waals surface area contributed by atoms with Gasteiger partial charge in [-0.2, -0.15) is 5.26 Å². The SMILES string of the molecule is N#Cc1ccc(-c2nc3ccccc3nc2-c2cc(-c3ccc(-c4ccccc4)cc3)cc(-c3ccc(-c4ccccc4)cc3)n2)cc1. The summed E-state index contributed by atoms with van der Waals surface area (Å²) in [6.45, 7) is 0. The lowest BCUT2D eigenvalue weighted by Crippen LogP contribution is -1.99. The number of rotatable bonds is 6. The Labute approximate surface area is 279 Å². The van der Waals surface area contributed by atoms with Crippen LogP contribution in [0.2, 0.25) is 0 Å². The number of hydrogen-bond donors (Lipinski definition) is 0. The van der Waals surface area contributed by atoms with Gasteiger partial charge in [0.2, 0.25) is 0 Å². The molecule has 0 spiro atoms. The third-order valence-electron chi connectivity index (χ3n) is 8.54. The standard InChI is InChI=1S/C44H28N4/c45-29-30-15-17-37(18-16-30)43-44(48-40-14-8-7-13-39(40)47-43)42-28-38(35-21-19-33(20-22-35)31-9-3-1-4-10-31)27-41(46-42)36-25-23-34(24-26-36)32-11-5-2-6-12-32/h1-28H. The van der Waals surface area contributed by atoms with Gasteiger partial charge in [-0.3, -0.25) is 0 Å². The fraction of sp³-hybridized carbons (Fsp3) is 0. The van der Waals surface area contributed by atoms with Gasteiger partial charge in [0.15, 0.2) is 0 Å². The highest BCUT2D eigenvalue weighted by Gasteiger charge is 2.17. The maximum Gasteiger partial charge on any atom is 0.116 e. The lowest BCUT2D eigenvalue weighted by molar-refractivity contribution is 1.24. The van der Waals surface area contributed by atoms with Crippen LogP contribution in [0.15, 0.2) is 170 Å². The third kappa shape index (κ3) is 5.73. The van der Waals surface area contributed by atoms with E-state index in [4.69, 9.17) is 15.0 Å². The van der Waals surface area contributed by atoms with Gasteiger partial charge in [-0.1, -0.05) is 133 Å². The molecule has 2 heterocycles. The summed E-state index contributed by atoms with van der Waals surface area (Å²) in [5, 5.41) is 9.43. The molecule has 8 rings (SSSR count). The van der Waals surface area contributed by atoms with E-state index < -0.39 is 0 Å². The second-order valence-corrected chi connectivity index (χ2v) is 11.6. The molecule has 4 heteroatoms. The predicted octanol–water partition coefficient (Wildman–Crippen LogP) is 10.9. The zero-order valence-electron chi connectivity index (χ0n) is 26.0. The van der Waals surface area contributed by atoms with Crippen molar-refractivity contribution in [3.8, 4) is 73.4 Å². The van der Waals surface area contributed by atoms with Gasteiger partial charge in [0.1, 0.15) is 5.69 Å². The van der Waals surface area contributed by atoms with Crippen LogP contribution in [0.3, 0.4) is 0 Å². The first-order chi connectivity index (χ1) is 23.7. The number of pyridine rings is 1. The minimum Gasteiger partial charge on any atom is -0.246 e. The summed E-state index contributed by atoms with van der Waals surface area (Å²) < 4.78 is 0. The van der Waals surface area contributed by atoms with Crippen LogP contribution in [0, 0.1) is 11.3 Å². The fourth-order valence-corrected chi connectivity index (χ4v) is 6.00. The van der Waals surface area contributed by atoms with E-state index in [2.05, 4.69) is 115 Å². The molecular weight excluding hydrogens is 585 g/mol. The van der Waals surface area contributed by atoms with Crippen LogP contribution in [0.4, 0.5) is 0 Å². The number of para-hydroxylation sites is 2. The van der Waals surface area contributed by atoms with E-state index in [1.54, 1.807) is 0 Å². The summed E-state index contributed by atoms with van der Waals surface area (Å²) in [5.41, 5.74) is 13.8. The molecule has 0 aliphatic rings. The maximum absolute atomic E-state index is 9.43. The Kier molecular flexibility index (Phi) is 7.54. The zero-order chi connectivity index (χ0) is 32.3. The number of hydrogen-bond acceptors (Lipinski definition) is 4. The Balaban J connectivity index is 1.30. The number of aromatic nitrogens is 3. The third-order valence-corrected chi connectivity index (χ3v) is 8.54. The van der Waals surface area contributed by atoms with Crippen molar-refractivity contribution in [3.63, 3.8) is 0 Å². The van der Waals surface area contributed by atoms with Crippen molar-refractivity contribution in [1.29, 1.82) is 5.26 Å². The van der Waals surface area contributed by atoms with Gasteiger partial charge in [0.05, 0.1) is 39.7 Å². The second-order valence-electron chi connectivity index (χ2n) is 11.6. The van der Waals surface area contributed by atoms with Crippen molar-refractivity contribution in [1.82, 2.24) is 15.0 Å². The van der Waals surface area contributed by atoms with Crippen LogP contribution < -0.4 is 0 Å². The van der Waals surface area contributed by atoms with Crippen molar-refractivity contribution in [2.75, 3.05) is 0 Å². The Morgan fingerprint density at radius 1 is 0.333 bits per heavy atom. The highest BCUT2D eigenvalue weighted by atomic mass is 14.9. The van der Waals surface area contributed by atoms with E-state index in [9.17, 15) is 5.26 Å². The smallest absolute Gasteiger partial charge is 0.116 e. The number of nitriles is 1.